The van der Waals surface area contributed by atoms with Gasteiger partial charge in [0.05, 0.1) is 10.2 Å². The molecule has 0 saturated heterocycles. The van der Waals surface area contributed by atoms with Gasteiger partial charge in [0.2, 0.25) is 0 Å². The van der Waals surface area contributed by atoms with E-state index in [9.17, 15) is 8.42 Å². The highest BCUT2D eigenvalue weighted by atomic mass is 32.2. The zero-order valence-corrected chi connectivity index (χ0v) is 11.3. The number of pyridine rings is 1. The average Bonchev–Trinajstić information content (AvgIpc) is 2.39. The number of nitrogens with one attached hydrogen (secondary N) is 1. The number of para-hydroxylation sites is 1. The Morgan fingerprint density at radius 1 is 1.17 bits per heavy atom. The van der Waals surface area contributed by atoms with Crippen LogP contribution in [0.2, 0.25) is 0 Å². The maximum atomic E-state index is 12.4. The van der Waals surface area contributed by atoms with E-state index in [2.05, 4.69) is 4.98 Å². The SMILES string of the molecule is CN(c1ccccc1)S(=O)(=O)c1c[nH]ccc1=S. The minimum atomic E-state index is -3.62. The van der Waals surface area contributed by atoms with Crippen molar-refractivity contribution in [3.63, 3.8) is 0 Å². The summed E-state index contributed by atoms with van der Waals surface area (Å²) in [6.07, 6.45) is 3.00. The van der Waals surface area contributed by atoms with Crippen LogP contribution in [-0.4, -0.2) is 20.4 Å². The first-order chi connectivity index (χ1) is 8.53. The van der Waals surface area contributed by atoms with Crippen molar-refractivity contribution in [3.05, 3.63) is 53.3 Å². The number of sulfonamides is 1. The van der Waals surface area contributed by atoms with Crippen molar-refractivity contribution in [1.82, 2.24) is 4.98 Å². The van der Waals surface area contributed by atoms with Crippen molar-refractivity contribution < 1.29 is 8.42 Å². The van der Waals surface area contributed by atoms with Gasteiger partial charge in [-0.3, -0.25) is 4.31 Å². The van der Waals surface area contributed by atoms with Crippen LogP contribution < -0.4 is 4.31 Å². The molecule has 0 saturated carbocycles. The van der Waals surface area contributed by atoms with Crippen LogP contribution in [0.1, 0.15) is 0 Å². The highest BCUT2D eigenvalue weighted by molar-refractivity contribution is 7.93. The molecule has 0 aliphatic carbocycles. The molecule has 0 atom stereocenters. The third-order valence-corrected chi connectivity index (χ3v) is 4.86. The lowest BCUT2D eigenvalue weighted by atomic mass is 10.3. The Balaban J connectivity index is 2.51. The topological polar surface area (TPSA) is 53.2 Å². The van der Waals surface area contributed by atoms with Crippen molar-refractivity contribution in [1.29, 1.82) is 0 Å². The monoisotopic (exact) mass is 280 g/mol. The summed E-state index contributed by atoms with van der Waals surface area (Å²) in [5.74, 6) is 0. The molecule has 0 bridgehead atoms. The number of H-pyrrole nitrogens is 1. The lowest BCUT2D eigenvalue weighted by Gasteiger charge is -2.19. The number of hydrogen-bond donors (Lipinski definition) is 1. The predicted octanol–water partition coefficient (Wildman–Crippen LogP) is 2.57. The normalized spacial score (nSPS) is 11.2. The number of anilines is 1. The highest BCUT2D eigenvalue weighted by Crippen LogP contribution is 2.21. The number of aromatic nitrogens is 1. The van der Waals surface area contributed by atoms with E-state index >= 15 is 0 Å². The third kappa shape index (κ3) is 2.30. The molecule has 1 N–H and O–H groups in total. The number of rotatable bonds is 3. The molecule has 0 fully saturated rings. The molecule has 0 unspecified atom stereocenters. The summed E-state index contributed by atoms with van der Waals surface area (Å²) in [6, 6.07) is 10.4. The lowest BCUT2D eigenvalue weighted by molar-refractivity contribution is 0.593. The van der Waals surface area contributed by atoms with Gasteiger partial charge in [0.1, 0.15) is 4.90 Å². The fourth-order valence-electron chi connectivity index (χ4n) is 1.53. The van der Waals surface area contributed by atoms with Crippen LogP contribution in [0.15, 0.2) is 53.7 Å². The standard InChI is InChI=1S/C12H12N2O2S2/c1-14(10-5-3-2-4-6-10)18(15,16)12-9-13-8-7-11(12)17/h2-9H,1H3,(H,13,17). The van der Waals surface area contributed by atoms with Crippen molar-refractivity contribution in [2.24, 2.45) is 0 Å². The number of benzene rings is 1. The second kappa shape index (κ2) is 4.91. The molecule has 4 nitrogen and oxygen atoms in total. The van der Waals surface area contributed by atoms with Gasteiger partial charge in [-0.2, -0.15) is 0 Å². The summed E-state index contributed by atoms with van der Waals surface area (Å²) < 4.78 is 26.3. The van der Waals surface area contributed by atoms with E-state index in [1.54, 1.807) is 36.5 Å². The van der Waals surface area contributed by atoms with Crippen molar-refractivity contribution in [2.75, 3.05) is 11.4 Å². The van der Waals surface area contributed by atoms with Crippen LogP contribution in [0, 0.1) is 4.51 Å². The zero-order valence-electron chi connectivity index (χ0n) is 9.70. The Morgan fingerprint density at radius 3 is 2.44 bits per heavy atom. The number of aromatic amines is 1. The van der Waals surface area contributed by atoms with Gasteiger partial charge in [-0.25, -0.2) is 8.42 Å². The van der Waals surface area contributed by atoms with E-state index in [0.29, 0.717) is 10.2 Å². The Bertz CT molecular complexity index is 693. The molecular formula is C12H12N2O2S2. The maximum absolute atomic E-state index is 12.4. The summed E-state index contributed by atoms with van der Waals surface area (Å²) in [5, 5.41) is 0. The number of nitrogens with zero attached hydrogens (tertiary/aromatic N) is 1. The van der Waals surface area contributed by atoms with Crippen LogP contribution in [0.3, 0.4) is 0 Å². The fraction of sp³-hybridized carbons (Fsp3) is 0.0833. The molecular weight excluding hydrogens is 268 g/mol. The summed E-state index contributed by atoms with van der Waals surface area (Å²) in [5.41, 5.74) is 0.593. The van der Waals surface area contributed by atoms with Gasteiger partial charge >= 0.3 is 0 Å². The Morgan fingerprint density at radius 2 is 1.83 bits per heavy atom. The fourth-order valence-corrected chi connectivity index (χ4v) is 3.20. The smallest absolute Gasteiger partial charge is 0.266 e. The molecule has 0 spiro atoms. The molecule has 1 aromatic carbocycles. The molecule has 94 valence electrons. The average molecular weight is 280 g/mol. The van der Waals surface area contributed by atoms with E-state index in [0.717, 1.165) is 0 Å². The van der Waals surface area contributed by atoms with Crippen molar-refractivity contribution in [3.8, 4) is 0 Å². The van der Waals surface area contributed by atoms with E-state index in [1.165, 1.54) is 17.5 Å². The summed E-state index contributed by atoms with van der Waals surface area (Å²) in [7, 11) is -2.12. The van der Waals surface area contributed by atoms with E-state index < -0.39 is 10.0 Å². The van der Waals surface area contributed by atoms with Gasteiger partial charge in [-0.15, -0.1) is 0 Å². The van der Waals surface area contributed by atoms with Gasteiger partial charge in [0, 0.05) is 19.4 Å². The molecule has 1 heterocycles. The summed E-state index contributed by atoms with van der Waals surface area (Å²) in [4.78, 5) is 2.84. The largest absolute Gasteiger partial charge is 0.366 e. The number of hydrogen-bond acceptors (Lipinski definition) is 3. The van der Waals surface area contributed by atoms with Crippen LogP contribution in [0.5, 0.6) is 0 Å². The van der Waals surface area contributed by atoms with Crippen LogP contribution in [-0.2, 0) is 10.0 Å². The van der Waals surface area contributed by atoms with Gasteiger partial charge in [0.25, 0.3) is 10.0 Å². The minimum absolute atomic E-state index is 0.103. The second-order valence-corrected chi connectivity index (χ2v) is 6.06. The molecule has 0 aliphatic heterocycles. The second-order valence-electron chi connectivity index (χ2n) is 3.68. The molecule has 18 heavy (non-hydrogen) atoms. The third-order valence-electron chi connectivity index (χ3n) is 2.55. The molecule has 0 radical (unpaired) electrons. The van der Waals surface area contributed by atoms with E-state index in [-0.39, 0.29) is 4.90 Å². The first-order valence-corrected chi connectivity index (χ1v) is 7.09. The van der Waals surface area contributed by atoms with Gasteiger partial charge in [-0.05, 0) is 18.2 Å². The summed E-state index contributed by atoms with van der Waals surface area (Å²) >= 11 is 5.04. The zero-order chi connectivity index (χ0) is 13.2. The molecule has 0 aliphatic rings. The molecule has 2 rings (SSSR count). The minimum Gasteiger partial charge on any atom is -0.366 e. The maximum Gasteiger partial charge on any atom is 0.266 e. The first-order valence-electron chi connectivity index (χ1n) is 5.24. The van der Waals surface area contributed by atoms with Gasteiger partial charge in [-0.1, -0.05) is 30.4 Å². The molecule has 6 heteroatoms. The van der Waals surface area contributed by atoms with Crippen LogP contribution >= 0.6 is 12.2 Å². The molecule has 1 aromatic heterocycles. The highest BCUT2D eigenvalue weighted by Gasteiger charge is 2.22. The van der Waals surface area contributed by atoms with Crippen molar-refractivity contribution in [2.45, 2.75) is 4.90 Å². The summed E-state index contributed by atoms with van der Waals surface area (Å²) in [6.45, 7) is 0. The first kappa shape index (κ1) is 12.8. The quantitative estimate of drug-likeness (QED) is 0.879. The Labute approximate surface area is 111 Å². The van der Waals surface area contributed by atoms with Crippen molar-refractivity contribution >= 4 is 27.9 Å². The molecule has 2 aromatic rings. The van der Waals surface area contributed by atoms with Gasteiger partial charge < -0.3 is 4.98 Å². The Kier molecular flexibility index (Phi) is 3.49. The lowest BCUT2D eigenvalue weighted by Crippen LogP contribution is -2.26. The Hall–Kier alpha value is -1.66. The molecule has 0 amide bonds. The van der Waals surface area contributed by atoms with Gasteiger partial charge in [0.15, 0.2) is 0 Å². The van der Waals surface area contributed by atoms with E-state index in [1.807, 2.05) is 6.07 Å². The predicted molar refractivity (Wildman–Crippen MR) is 73.7 cm³/mol. The van der Waals surface area contributed by atoms with Crippen LogP contribution in [0.4, 0.5) is 5.69 Å². The van der Waals surface area contributed by atoms with E-state index in [4.69, 9.17) is 12.2 Å². The van der Waals surface area contributed by atoms with Crippen LogP contribution in [0.25, 0.3) is 0 Å².